The molecule has 12 nitrogen and oxygen atoms in total. The largest absolute Gasteiger partial charge is 0.462 e. The van der Waals surface area contributed by atoms with E-state index >= 15 is 0 Å². The fraction of sp³-hybridized carbons (Fsp3) is 0.500. The molecule has 36 heavy (non-hydrogen) atoms. The number of carbonyl (C=O) groups is 1. The smallest absolute Gasteiger partial charge is 0.459 e. The zero-order valence-electron chi connectivity index (χ0n) is 20.2. The molecule has 4 N–H and O–H groups in total. The molecular formula is C22H30N3O9PS. The van der Waals surface area contributed by atoms with E-state index in [0.29, 0.717) is 0 Å². The summed E-state index contributed by atoms with van der Waals surface area (Å²) in [5.41, 5.74) is -3.16. The fourth-order valence-electron chi connectivity index (χ4n) is 3.50. The zero-order valence-corrected chi connectivity index (χ0v) is 21.9. The third-order valence-electron chi connectivity index (χ3n) is 5.29. The lowest BCUT2D eigenvalue weighted by Crippen LogP contribution is -2.46. The number of thioether (sulfide) groups is 1. The van der Waals surface area contributed by atoms with Crippen molar-refractivity contribution in [3.8, 4) is 5.75 Å². The molecule has 1 fully saturated rings. The second-order valence-corrected chi connectivity index (χ2v) is 11.8. The number of esters is 1. The molecular weight excluding hydrogens is 513 g/mol. The Balaban J connectivity index is 1.80. The van der Waals surface area contributed by atoms with Gasteiger partial charge in [0.2, 0.25) is 0 Å². The summed E-state index contributed by atoms with van der Waals surface area (Å²) < 4.78 is 31.1. The highest BCUT2D eigenvalue weighted by molar-refractivity contribution is 8.00. The molecule has 3 rings (SSSR count). The molecule has 1 aromatic heterocycles. The molecule has 0 aliphatic carbocycles. The maximum absolute atomic E-state index is 13.6. The van der Waals surface area contributed by atoms with E-state index in [2.05, 4.69) is 10.1 Å². The predicted molar refractivity (Wildman–Crippen MR) is 133 cm³/mol. The topological polar surface area (TPSA) is 169 Å². The van der Waals surface area contributed by atoms with Gasteiger partial charge in [-0.3, -0.25) is 23.7 Å². The first kappa shape index (κ1) is 28.2. The lowest BCUT2D eigenvalue weighted by Gasteiger charge is -2.29. The van der Waals surface area contributed by atoms with E-state index in [-0.39, 0.29) is 12.4 Å². The van der Waals surface area contributed by atoms with Gasteiger partial charge in [0.1, 0.15) is 22.8 Å². The first-order chi connectivity index (χ1) is 16.8. The van der Waals surface area contributed by atoms with Gasteiger partial charge < -0.3 is 19.5 Å². The number of nitrogens with one attached hydrogen (secondary N) is 2. The second-order valence-electron chi connectivity index (χ2n) is 8.75. The highest BCUT2D eigenvalue weighted by Gasteiger charge is 2.53. The van der Waals surface area contributed by atoms with Crippen LogP contribution in [0.1, 0.15) is 33.1 Å². The predicted octanol–water partition coefficient (Wildman–Crippen LogP) is 1.40. The molecule has 1 saturated heterocycles. The molecule has 1 aliphatic heterocycles. The number of aliphatic hydroxyl groups is 2. The van der Waals surface area contributed by atoms with Crippen molar-refractivity contribution < 1.29 is 33.4 Å². The van der Waals surface area contributed by atoms with Crippen LogP contribution in [0.25, 0.3) is 0 Å². The lowest BCUT2D eigenvalue weighted by atomic mass is 9.96. The number of aromatic amines is 1. The number of para-hydroxylation sites is 1. The van der Waals surface area contributed by atoms with E-state index in [9.17, 15) is 29.2 Å². The number of nitrogens with zero attached hydrogens (tertiary/aromatic N) is 1. The summed E-state index contributed by atoms with van der Waals surface area (Å²) in [6, 6.07) is 8.24. The fourth-order valence-corrected chi connectivity index (χ4v) is 6.73. The van der Waals surface area contributed by atoms with Gasteiger partial charge in [0.15, 0.2) is 0 Å². The van der Waals surface area contributed by atoms with Crippen LogP contribution in [0.5, 0.6) is 5.75 Å². The van der Waals surface area contributed by atoms with Crippen LogP contribution in [0.3, 0.4) is 0 Å². The quantitative estimate of drug-likeness (QED) is 0.252. The van der Waals surface area contributed by atoms with Crippen LogP contribution in [0.15, 0.2) is 52.2 Å². The molecule has 2 aromatic rings. The van der Waals surface area contributed by atoms with Gasteiger partial charge in [0.25, 0.3) is 5.56 Å². The Bertz CT molecular complexity index is 1220. The van der Waals surface area contributed by atoms with Crippen molar-refractivity contribution in [1.82, 2.24) is 14.6 Å². The van der Waals surface area contributed by atoms with Crippen molar-refractivity contribution in [3.63, 3.8) is 0 Å². The van der Waals surface area contributed by atoms with E-state index in [1.807, 2.05) is 0 Å². The van der Waals surface area contributed by atoms with Crippen LogP contribution in [0.2, 0.25) is 0 Å². The van der Waals surface area contributed by atoms with Crippen LogP contribution in [0, 0.1) is 0 Å². The summed E-state index contributed by atoms with van der Waals surface area (Å²) in [6.45, 7) is 5.76. The number of H-pyrrole nitrogens is 1. The lowest BCUT2D eigenvalue weighted by molar-refractivity contribution is -0.149. The molecule has 0 radical (unpaired) electrons. The van der Waals surface area contributed by atoms with E-state index in [0.717, 1.165) is 22.4 Å². The van der Waals surface area contributed by atoms with Crippen molar-refractivity contribution in [2.45, 2.75) is 62.2 Å². The minimum Gasteiger partial charge on any atom is -0.462 e. The average molecular weight is 544 g/mol. The van der Waals surface area contributed by atoms with Crippen molar-refractivity contribution >= 4 is 25.5 Å². The van der Waals surface area contributed by atoms with E-state index < -0.39 is 59.4 Å². The Labute approximate surface area is 211 Å². The van der Waals surface area contributed by atoms with Gasteiger partial charge in [-0.2, -0.15) is 5.09 Å². The highest BCUT2D eigenvalue weighted by Crippen LogP contribution is 2.51. The third-order valence-corrected chi connectivity index (χ3v) is 8.64. The highest BCUT2D eigenvalue weighted by atomic mass is 32.2. The van der Waals surface area contributed by atoms with Crippen LogP contribution in [-0.4, -0.2) is 61.4 Å². The summed E-state index contributed by atoms with van der Waals surface area (Å²) in [7, 11) is -4.20. The maximum atomic E-state index is 13.6. The van der Waals surface area contributed by atoms with Gasteiger partial charge in [0.05, 0.1) is 24.1 Å². The minimum atomic E-state index is -4.20. The molecule has 14 heteroatoms. The van der Waals surface area contributed by atoms with Crippen LogP contribution >= 0.6 is 19.5 Å². The molecule has 0 bridgehead atoms. The molecule has 198 valence electrons. The Morgan fingerprint density at radius 2 is 1.92 bits per heavy atom. The van der Waals surface area contributed by atoms with Gasteiger partial charge in [-0.05, 0) is 39.8 Å². The number of aliphatic hydroxyl groups excluding tert-OH is 1. The summed E-state index contributed by atoms with van der Waals surface area (Å²) in [5, 5.41) is 22.5. The monoisotopic (exact) mass is 543 g/mol. The molecule has 0 saturated carbocycles. The maximum Gasteiger partial charge on any atom is 0.459 e. The molecule has 2 heterocycles. The van der Waals surface area contributed by atoms with Gasteiger partial charge in [0, 0.05) is 12.3 Å². The van der Waals surface area contributed by atoms with Gasteiger partial charge >= 0.3 is 19.4 Å². The normalized spacial score (nSPS) is 26.4. The minimum absolute atomic E-state index is 0.210. The second kappa shape index (κ2) is 11.3. The number of ether oxygens (including phenoxy) is 1. The van der Waals surface area contributed by atoms with Gasteiger partial charge in [-0.15, -0.1) is 11.8 Å². The van der Waals surface area contributed by atoms with Crippen molar-refractivity contribution in [2.75, 3.05) is 6.61 Å². The van der Waals surface area contributed by atoms with Crippen molar-refractivity contribution in [2.24, 2.45) is 0 Å². The van der Waals surface area contributed by atoms with Crippen molar-refractivity contribution in [3.05, 3.63) is 63.4 Å². The molecule has 0 spiro atoms. The molecule has 6 atom stereocenters. The van der Waals surface area contributed by atoms with Gasteiger partial charge in [-0.1, -0.05) is 18.2 Å². The summed E-state index contributed by atoms with van der Waals surface area (Å²) in [5.74, 6) is -0.455. The number of rotatable bonds is 10. The van der Waals surface area contributed by atoms with Crippen LogP contribution < -0.4 is 20.9 Å². The molecule has 2 unspecified atom stereocenters. The Morgan fingerprint density at radius 3 is 2.53 bits per heavy atom. The van der Waals surface area contributed by atoms with Gasteiger partial charge in [-0.25, -0.2) is 9.36 Å². The van der Waals surface area contributed by atoms with E-state index in [1.54, 1.807) is 44.2 Å². The van der Waals surface area contributed by atoms with E-state index in [1.165, 1.54) is 20.0 Å². The van der Waals surface area contributed by atoms with Crippen LogP contribution in [-0.2, 0) is 18.6 Å². The number of hydrogen-bond acceptors (Lipinski definition) is 10. The van der Waals surface area contributed by atoms with Crippen molar-refractivity contribution in [1.29, 1.82) is 0 Å². The molecule has 1 aliphatic rings. The zero-order chi connectivity index (χ0) is 26.7. The first-order valence-corrected chi connectivity index (χ1v) is 13.7. The SMILES string of the molecule is CC(C)OC(=O)C(C)NP(=O)(OC[C@H]1S[C@@H](n2ccc(=O)[nH]c2=O)[C@](C)(O)[C@@H]1O)Oc1ccccc1. The third kappa shape index (κ3) is 6.67. The Morgan fingerprint density at radius 1 is 1.25 bits per heavy atom. The van der Waals surface area contributed by atoms with E-state index in [4.69, 9.17) is 13.8 Å². The molecule has 0 amide bonds. The first-order valence-electron chi connectivity index (χ1n) is 11.2. The Kier molecular flexibility index (Phi) is 8.86. The molecule has 1 aromatic carbocycles. The summed E-state index contributed by atoms with van der Waals surface area (Å²) in [4.78, 5) is 38.1. The average Bonchev–Trinajstić information content (AvgIpc) is 3.01. The number of carbonyl (C=O) groups excluding carboxylic acids is 1. The number of hydrogen-bond donors (Lipinski definition) is 4. The summed E-state index contributed by atoms with van der Waals surface area (Å²) in [6.07, 6.45) is -0.576. The number of benzene rings is 1. The standard InChI is InChI=1S/C22H30N3O9PS/c1-13(2)33-19(28)14(3)24-35(31,34-15-8-6-5-7-9-15)32-12-16-18(27)22(4,30)20(36-16)25-11-10-17(26)23-21(25)29/h5-11,13-14,16,18,20,27,30H,12H2,1-4H3,(H,24,31)(H,23,26,29)/t14?,16-,18-,20-,22-,35?/m1/s1. The Hall–Kier alpha value is -2.41. The van der Waals surface area contributed by atoms with Crippen LogP contribution in [0.4, 0.5) is 0 Å². The number of aromatic nitrogens is 2. The summed E-state index contributed by atoms with van der Waals surface area (Å²) >= 11 is 0.999.